The van der Waals surface area contributed by atoms with Gasteiger partial charge in [0.2, 0.25) is 0 Å². The van der Waals surface area contributed by atoms with E-state index < -0.39 is 0 Å². The van der Waals surface area contributed by atoms with Crippen LogP contribution < -0.4 is 5.32 Å². The monoisotopic (exact) mass is 288 g/mol. The maximum absolute atomic E-state index is 5.99. The lowest BCUT2D eigenvalue weighted by molar-refractivity contribution is 0.336. The van der Waals surface area contributed by atoms with Crippen LogP contribution in [0.2, 0.25) is 10.0 Å². The number of nitrogens with zero attached hydrogens (tertiary/aromatic N) is 1. The second-order valence-electron chi connectivity index (χ2n) is 4.55. The molecule has 0 aliphatic heterocycles. The van der Waals surface area contributed by atoms with Gasteiger partial charge in [-0.15, -0.1) is 0 Å². The van der Waals surface area contributed by atoms with Crippen LogP contribution in [0.5, 0.6) is 0 Å². The fraction of sp³-hybridized carbons (Fsp3) is 0.571. The van der Waals surface area contributed by atoms with Crippen LogP contribution in [0.1, 0.15) is 18.9 Å². The molecular formula is C14H22Cl2N2. The van der Waals surface area contributed by atoms with E-state index in [4.69, 9.17) is 23.2 Å². The first kappa shape index (κ1) is 15.8. The highest BCUT2D eigenvalue weighted by molar-refractivity contribution is 6.42. The standard InChI is InChI=1S/C14H22Cl2N2/c1-3-7-17-8-10-18(2)9-6-12-4-5-13(15)14(16)11-12/h4-5,11,17H,3,6-10H2,1-2H3. The summed E-state index contributed by atoms with van der Waals surface area (Å²) in [5.74, 6) is 0. The third-order valence-corrected chi connectivity index (χ3v) is 3.60. The zero-order valence-electron chi connectivity index (χ0n) is 11.2. The Bertz CT molecular complexity index is 356. The quantitative estimate of drug-likeness (QED) is 0.737. The van der Waals surface area contributed by atoms with Gasteiger partial charge in [-0.3, -0.25) is 0 Å². The van der Waals surface area contributed by atoms with Gasteiger partial charge in [-0.05, 0) is 44.1 Å². The highest BCUT2D eigenvalue weighted by atomic mass is 35.5. The van der Waals surface area contributed by atoms with Crippen LogP contribution >= 0.6 is 23.2 Å². The van der Waals surface area contributed by atoms with Gasteiger partial charge >= 0.3 is 0 Å². The summed E-state index contributed by atoms with van der Waals surface area (Å²) >= 11 is 11.9. The van der Waals surface area contributed by atoms with E-state index in [9.17, 15) is 0 Å². The molecule has 1 aromatic carbocycles. The second-order valence-corrected chi connectivity index (χ2v) is 5.37. The normalized spacial score (nSPS) is 11.2. The largest absolute Gasteiger partial charge is 0.315 e. The molecule has 0 saturated heterocycles. The van der Waals surface area contributed by atoms with Gasteiger partial charge in [0, 0.05) is 19.6 Å². The molecule has 18 heavy (non-hydrogen) atoms. The minimum atomic E-state index is 0.623. The number of likely N-dealkylation sites (N-methyl/N-ethyl adjacent to an activating group) is 1. The number of benzene rings is 1. The molecule has 1 aromatic rings. The molecule has 2 nitrogen and oxygen atoms in total. The van der Waals surface area contributed by atoms with Crippen molar-refractivity contribution in [1.82, 2.24) is 10.2 Å². The highest BCUT2D eigenvalue weighted by Crippen LogP contribution is 2.22. The van der Waals surface area contributed by atoms with Crippen molar-refractivity contribution in [3.05, 3.63) is 33.8 Å². The van der Waals surface area contributed by atoms with Crippen LogP contribution in [0.15, 0.2) is 18.2 Å². The minimum Gasteiger partial charge on any atom is -0.315 e. The molecule has 0 fully saturated rings. The van der Waals surface area contributed by atoms with Gasteiger partial charge in [0.05, 0.1) is 10.0 Å². The number of nitrogens with one attached hydrogen (secondary N) is 1. The SMILES string of the molecule is CCCNCCN(C)CCc1ccc(Cl)c(Cl)c1. The average Bonchev–Trinajstić information content (AvgIpc) is 2.36. The number of hydrogen-bond acceptors (Lipinski definition) is 2. The van der Waals surface area contributed by atoms with Gasteiger partial charge in [-0.2, -0.15) is 0 Å². The van der Waals surface area contributed by atoms with Gasteiger partial charge < -0.3 is 10.2 Å². The third kappa shape index (κ3) is 6.05. The Morgan fingerprint density at radius 1 is 1.11 bits per heavy atom. The van der Waals surface area contributed by atoms with Crippen LogP contribution in [0.4, 0.5) is 0 Å². The zero-order chi connectivity index (χ0) is 13.4. The van der Waals surface area contributed by atoms with Crippen molar-refractivity contribution in [2.75, 3.05) is 33.2 Å². The van der Waals surface area contributed by atoms with E-state index in [-0.39, 0.29) is 0 Å². The van der Waals surface area contributed by atoms with Crippen molar-refractivity contribution in [2.45, 2.75) is 19.8 Å². The lowest BCUT2D eigenvalue weighted by Crippen LogP contribution is -2.30. The summed E-state index contributed by atoms with van der Waals surface area (Å²) in [6, 6.07) is 5.85. The summed E-state index contributed by atoms with van der Waals surface area (Å²) in [5, 5.41) is 4.66. The van der Waals surface area contributed by atoms with Crippen molar-refractivity contribution >= 4 is 23.2 Å². The Balaban J connectivity index is 2.24. The maximum atomic E-state index is 5.99. The molecule has 0 aliphatic carbocycles. The molecule has 1 rings (SSSR count). The summed E-state index contributed by atoms with van der Waals surface area (Å²) in [6.07, 6.45) is 2.19. The van der Waals surface area contributed by atoms with Gasteiger partial charge in [0.1, 0.15) is 0 Å². The maximum Gasteiger partial charge on any atom is 0.0595 e. The van der Waals surface area contributed by atoms with Crippen LogP contribution in [0.25, 0.3) is 0 Å². The summed E-state index contributed by atoms with van der Waals surface area (Å²) in [5.41, 5.74) is 1.23. The Hall–Kier alpha value is -0.280. The molecule has 0 heterocycles. The molecule has 1 N–H and O–H groups in total. The van der Waals surface area contributed by atoms with E-state index in [1.54, 1.807) is 0 Å². The molecule has 0 aromatic heterocycles. The van der Waals surface area contributed by atoms with Crippen molar-refractivity contribution in [3.8, 4) is 0 Å². The fourth-order valence-corrected chi connectivity index (χ4v) is 2.02. The summed E-state index contributed by atoms with van der Waals surface area (Å²) < 4.78 is 0. The molecule has 0 atom stereocenters. The van der Waals surface area contributed by atoms with E-state index in [0.717, 1.165) is 32.6 Å². The molecule has 0 spiro atoms. The van der Waals surface area contributed by atoms with E-state index in [2.05, 4.69) is 24.2 Å². The van der Waals surface area contributed by atoms with Crippen LogP contribution in [-0.4, -0.2) is 38.1 Å². The molecule has 0 radical (unpaired) electrons. The first-order chi connectivity index (χ1) is 8.63. The average molecular weight is 289 g/mol. The molecule has 0 unspecified atom stereocenters. The van der Waals surface area contributed by atoms with Gasteiger partial charge in [0.15, 0.2) is 0 Å². The van der Waals surface area contributed by atoms with Crippen LogP contribution in [0, 0.1) is 0 Å². The Morgan fingerprint density at radius 2 is 1.89 bits per heavy atom. The Morgan fingerprint density at radius 3 is 2.56 bits per heavy atom. The van der Waals surface area contributed by atoms with E-state index >= 15 is 0 Å². The predicted molar refractivity (Wildman–Crippen MR) is 80.8 cm³/mol. The summed E-state index contributed by atoms with van der Waals surface area (Å²) in [4.78, 5) is 2.32. The van der Waals surface area contributed by atoms with Crippen molar-refractivity contribution in [3.63, 3.8) is 0 Å². The lowest BCUT2D eigenvalue weighted by atomic mass is 10.1. The molecular weight excluding hydrogens is 267 g/mol. The molecule has 0 bridgehead atoms. The first-order valence-corrected chi connectivity index (χ1v) is 7.22. The third-order valence-electron chi connectivity index (χ3n) is 2.86. The lowest BCUT2D eigenvalue weighted by Gasteiger charge is -2.17. The van der Waals surface area contributed by atoms with Crippen LogP contribution in [0.3, 0.4) is 0 Å². The minimum absolute atomic E-state index is 0.623. The fourth-order valence-electron chi connectivity index (χ4n) is 1.70. The second kappa shape index (κ2) is 8.76. The number of rotatable bonds is 8. The molecule has 0 aliphatic rings. The molecule has 4 heteroatoms. The van der Waals surface area contributed by atoms with Crippen molar-refractivity contribution in [2.24, 2.45) is 0 Å². The Kier molecular flexibility index (Phi) is 7.68. The van der Waals surface area contributed by atoms with Gasteiger partial charge in [-0.1, -0.05) is 36.2 Å². The zero-order valence-corrected chi connectivity index (χ0v) is 12.7. The van der Waals surface area contributed by atoms with E-state index in [1.165, 1.54) is 12.0 Å². The van der Waals surface area contributed by atoms with E-state index in [1.807, 2.05) is 18.2 Å². The predicted octanol–water partition coefficient (Wildman–Crippen LogP) is 3.47. The molecule has 0 amide bonds. The van der Waals surface area contributed by atoms with Gasteiger partial charge in [0.25, 0.3) is 0 Å². The molecule has 0 saturated carbocycles. The Labute approximate surface area is 120 Å². The van der Waals surface area contributed by atoms with Crippen molar-refractivity contribution in [1.29, 1.82) is 0 Å². The number of hydrogen-bond donors (Lipinski definition) is 1. The van der Waals surface area contributed by atoms with Gasteiger partial charge in [-0.25, -0.2) is 0 Å². The summed E-state index contributed by atoms with van der Waals surface area (Å²) in [6.45, 7) is 6.43. The van der Waals surface area contributed by atoms with Crippen molar-refractivity contribution < 1.29 is 0 Å². The molecule has 102 valence electrons. The summed E-state index contributed by atoms with van der Waals surface area (Å²) in [7, 11) is 2.14. The topological polar surface area (TPSA) is 15.3 Å². The first-order valence-electron chi connectivity index (χ1n) is 6.46. The number of halogens is 2. The van der Waals surface area contributed by atoms with Crippen LogP contribution in [-0.2, 0) is 6.42 Å². The van der Waals surface area contributed by atoms with E-state index in [0.29, 0.717) is 10.0 Å². The smallest absolute Gasteiger partial charge is 0.0595 e. The highest BCUT2D eigenvalue weighted by Gasteiger charge is 2.02.